The van der Waals surface area contributed by atoms with Crippen LogP contribution in [0.5, 0.6) is 5.75 Å². The van der Waals surface area contributed by atoms with E-state index >= 15 is 0 Å². The summed E-state index contributed by atoms with van der Waals surface area (Å²) in [6.07, 6.45) is 0.565. The van der Waals surface area contributed by atoms with E-state index in [4.69, 9.17) is 10.5 Å². The van der Waals surface area contributed by atoms with Crippen molar-refractivity contribution in [1.29, 1.82) is 0 Å². The molecule has 1 aromatic heterocycles. The fourth-order valence-electron chi connectivity index (χ4n) is 2.01. The largest absolute Gasteiger partial charge is 0.483 e. The summed E-state index contributed by atoms with van der Waals surface area (Å²) in [4.78, 5) is 2.30. The lowest BCUT2D eigenvalue weighted by atomic mass is 10.1. The van der Waals surface area contributed by atoms with Crippen LogP contribution >= 0.6 is 11.3 Å². The molecule has 0 amide bonds. The van der Waals surface area contributed by atoms with Crippen molar-refractivity contribution in [1.82, 2.24) is 0 Å². The summed E-state index contributed by atoms with van der Waals surface area (Å²) in [5, 5.41) is 0. The zero-order valence-corrected chi connectivity index (χ0v) is 12.8. The van der Waals surface area contributed by atoms with Gasteiger partial charge in [0.2, 0.25) is 0 Å². The van der Waals surface area contributed by atoms with Crippen LogP contribution in [0.4, 0.5) is 4.39 Å². The van der Waals surface area contributed by atoms with Crippen LogP contribution in [0.2, 0.25) is 0 Å². The predicted molar refractivity (Wildman–Crippen MR) is 81.8 cm³/mol. The first-order valence-corrected chi connectivity index (χ1v) is 7.57. The number of hydrogen-bond donors (Lipinski definition) is 1. The average molecular weight is 293 g/mol. The maximum atomic E-state index is 13.4. The molecule has 2 atom stereocenters. The zero-order chi connectivity index (χ0) is 14.7. The molecule has 20 heavy (non-hydrogen) atoms. The Morgan fingerprint density at radius 2 is 2.00 bits per heavy atom. The van der Waals surface area contributed by atoms with Gasteiger partial charge >= 0.3 is 0 Å². The van der Waals surface area contributed by atoms with Gasteiger partial charge in [-0.1, -0.05) is 13.0 Å². The van der Waals surface area contributed by atoms with Crippen LogP contribution in [0.1, 0.15) is 34.8 Å². The first-order valence-electron chi connectivity index (χ1n) is 6.76. The van der Waals surface area contributed by atoms with Crippen LogP contribution in [0.15, 0.2) is 30.3 Å². The number of rotatable bonds is 5. The number of hydrogen-bond acceptors (Lipinski definition) is 3. The summed E-state index contributed by atoms with van der Waals surface area (Å²) < 4.78 is 19.4. The number of halogens is 1. The summed E-state index contributed by atoms with van der Waals surface area (Å²) in [7, 11) is 0. The molecule has 2 aromatic rings. The fourth-order valence-corrected chi connectivity index (χ4v) is 3.00. The Hall–Kier alpha value is -1.39. The number of thiophene rings is 1. The van der Waals surface area contributed by atoms with Gasteiger partial charge in [0.25, 0.3) is 0 Å². The number of ether oxygens (including phenoxy) is 1. The van der Waals surface area contributed by atoms with Crippen molar-refractivity contribution in [2.24, 2.45) is 5.73 Å². The summed E-state index contributed by atoms with van der Waals surface area (Å²) >= 11 is 1.67. The normalized spacial score (nSPS) is 14.1. The second-order valence-electron chi connectivity index (χ2n) is 4.97. The lowest BCUT2D eigenvalue weighted by Crippen LogP contribution is -2.31. The molecular weight excluding hydrogens is 273 g/mol. The van der Waals surface area contributed by atoms with E-state index in [1.165, 1.54) is 17.0 Å². The fraction of sp³-hybridized carbons (Fsp3) is 0.375. The first kappa shape index (κ1) is 15.0. The Bertz CT molecular complexity index is 582. The van der Waals surface area contributed by atoms with E-state index in [1.807, 2.05) is 19.9 Å². The van der Waals surface area contributed by atoms with Gasteiger partial charge < -0.3 is 10.5 Å². The quantitative estimate of drug-likeness (QED) is 0.889. The van der Waals surface area contributed by atoms with Crippen molar-refractivity contribution in [3.8, 4) is 5.75 Å². The van der Waals surface area contributed by atoms with Crippen molar-refractivity contribution < 1.29 is 9.13 Å². The summed E-state index contributed by atoms with van der Waals surface area (Å²) in [5.74, 6) is 0.265. The second kappa shape index (κ2) is 6.37. The molecule has 0 spiro atoms. The van der Waals surface area contributed by atoms with Gasteiger partial charge in [0.05, 0.1) is 0 Å². The lowest BCUT2D eigenvalue weighted by molar-refractivity contribution is 0.173. The molecule has 2 nitrogen and oxygen atoms in total. The highest BCUT2D eigenvalue weighted by Gasteiger charge is 2.23. The van der Waals surface area contributed by atoms with E-state index in [-0.39, 0.29) is 18.0 Å². The zero-order valence-electron chi connectivity index (χ0n) is 12.0. The molecular formula is C16H20FNOS. The standard InChI is InChI=1S/C16H20FNOS/c1-4-13(18)16(15-8-6-11(3)20-15)19-14-9-12(17)7-5-10(14)2/h5-9,13,16H,4,18H2,1-3H3. The molecule has 2 N–H and O–H groups in total. The Morgan fingerprint density at radius 1 is 1.25 bits per heavy atom. The van der Waals surface area contributed by atoms with Crippen LogP contribution in [-0.4, -0.2) is 6.04 Å². The van der Waals surface area contributed by atoms with Gasteiger partial charge in [0, 0.05) is 21.9 Å². The summed E-state index contributed by atoms with van der Waals surface area (Å²) in [6, 6.07) is 8.55. The molecule has 0 saturated carbocycles. The molecule has 0 aliphatic heterocycles. The Labute approximate surface area is 123 Å². The molecule has 108 valence electrons. The van der Waals surface area contributed by atoms with Gasteiger partial charge in [-0.05, 0) is 44.0 Å². The Balaban J connectivity index is 2.30. The van der Waals surface area contributed by atoms with E-state index < -0.39 is 0 Å². The molecule has 0 aliphatic rings. The van der Waals surface area contributed by atoms with Gasteiger partial charge in [0.15, 0.2) is 0 Å². The summed E-state index contributed by atoms with van der Waals surface area (Å²) in [6.45, 7) is 5.99. The van der Waals surface area contributed by atoms with Crippen LogP contribution in [-0.2, 0) is 0 Å². The molecule has 1 aromatic carbocycles. The van der Waals surface area contributed by atoms with Gasteiger partial charge in [-0.2, -0.15) is 0 Å². The molecule has 1 heterocycles. The SMILES string of the molecule is CCC(N)C(Oc1cc(F)ccc1C)c1ccc(C)s1. The monoisotopic (exact) mass is 293 g/mol. The topological polar surface area (TPSA) is 35.2 Å². The maximum absolute atomic E-state index is 13.4. The summed E-state index contributed by atoms with van der Waals surface area (Å²) in [5.41, 5.74) is 7.09. The van der Waals surface area contributed by atoms with Crippen LogP contribution in [0.25, 0.3) is 0 Å². The minimum atomic E-state index is -0.295. The lowest BCUT2D eigenvalue weighted by Gasteiger charge is -2.24. The smallest absolute Gasteiger partial charge is 0.148 e. The van der Waals surface area contributed by atoms with E-state index in [0.717, 1.165) is 16.9 Å². The highest BCUT2D eigenvalue weighted by molar-refractivity contribution is 7.12. The third kappa shape index (κ3) is 3.38. The third-order valence-electron chi connectivity index (χ3n) is 3.31. The van der Waals surface area contributed by atoms with E-state index in [0.29, 0.717) is 5.75 Å². The molecule has 0 saturated heterocycles. The van der Waals surface area contributed by atoms with Crippen LogP contribution < -0.4 is 10.5 Å². The second-order valence-corrected chi connectivity index (χ2v) is 6.29. The van der Waals surface area contributed by atoms with Gasteiger partial charge in [-0.25, -0.2) is 4.39 Å². The molecule has 0 radical (unpaired) electrons. The van der Waals surface area contributed by atoms with E-state index in [2.05, 4.69) is 13.0 Å². The van der Waals surface area contributed by atoms with Gasteiger partial charge in [-0.3, -0.25) is 0 Å². The Morgan fingerprint density at radius 3 is 2.60 bits per heavy atom. The van der Waals surface area contributed by atoms with Crippen LogP contribution in [0, 0.1) is 19.7 Å². The highest BCUT2D eigenvalue weighted by Crippen LogP contribution is 2.32. The third-order valence-corrected chi connectivity index (χ3v) is 4.37. The molecule has 0 bridgehead atoms. The van der Waals surface area contributed by atoms with Crippen molar-refractivity contribution in [2.45, 2.75) is 39.3 Å². The molecule has 0 fully saturated rings. The van der Waals surface area contributed by atoms with Crippen molar-refractivity contribution in [3.05, 3.63) is 51.5 Å². The average Bonchev–Trinajstić information content (AvgIpc) is 2.85. The molecule has 4 heteroatoms. The minimum absolute atomic E-state index is 0.115. The Kier molecular flexibility index (Phi) is 4.78. The van der Waals surface area contributed by atoms with E-state index in [9.17, 15) is 4.39 Å². The molecule has 2 unspecified atom stereocenters. The predicted octanol–water partition coefficient (Wildman–Crippen LogP) is 4.36. The first-order chi connectivity index (χ1) is 9.51. The highest BCUT2D eigenvalue weighted by atomic mass is 32.1. The minimum Gasteiger partial charge on any atom is -0.483 e. The van der Waals surface area contributed by atoms with E-state index in [1.54, 1.807) is 17.4 Å². The van der Waals surface area contributed by atoms with Gasteiger partial charge in [-0.15, -0.1) is 11.3 Å². The number of aryl methyl sites for hydroxylation is 2. The van der Waals surface area contributed by atoms with Crippen molar-refractivity contribution >= 4 is 11.3 Å². The number of nitrogens with two attached hydrogens (primary N) is 1. The van der Waals surface area contributed by atoms with Gasteiger partial charge in [0.1, 0.15) is 17.7 Å². The maximum Gasteiger partial charge on any atom is 0.148 e. The van der Waals surface area contributed by atoms with Crippen molar-refractivity contribution in [2.75, 3.05) is 0 Å². The number of benzene rings is 1. The molecule has 2 rings (SSSR count). The van der Waals surface area contributed by atoms with Crippen LogP contribution in [0.3, 0.4) is 0 Å². The molecule has 0 aliphatic carbocycles. The van der Waals surface area contributed by atoms with Crippen molar-refractivity contribution in [3.63, 3.8) is 0 Å².